The summed E-state index contributed by atoms with van der Waals surface area (Å²) in [5, 5.41) is 26.6. The Labute approximate surface area is 90.5 Å². The molecule has 0 radical (unpaired) electrons. The van der Waals surface area contributed by atoms with Gasteiger partial charge in [0, 0.05) is 0 Å². The van der Waals surface area contributed by atoms with Gasteiger partial charge in [0.05, 0.1) is 5.41 Å². The second kappa shape index (κ2) is 4.99. The quantitative estimate of drug-likeness (QED) is 0.613. The van der Waals surface area contributed by atoms with Crippen LogP contribution in [0.3, 0.4) is 0 Å². The molecule has 0 aromatic heterocycles. The maximum Gasteiger partial charge on any atom is 0.451 e. The van der Waals surface area contributed by atoms with Crippen LogP contribution in [0.4, 0.5) is 0 Å². The Kier molecular flexibility index (Phi) is 4.17. The van der Waals surface area contributed by atoms with Gasteiger partial charge in [-0.25, -0.2) is 0 Å². The van der Waals surface area contributed by atoms with E-state index in [4.69, 9.17) is 15.2 Å². The van der Waals surface area contributed by atoms with Gasteiger partial charge in [-0.2, -0.15) is 0 Å². The molecule has 0 aromatic rings. The summed E-state index contributed by atoms with van der Waals surface area (Å²) < 4.78 is 0. The molecule has 0 spiro atoms. The van der Waals surface area contributed by atoms with E-state index in [0.717, 1.165) is 19.3 Å². The highest BCUT2D eigenvalue weighted by Gasteiger charge is 2.38. The third kappa shape index (κ3) is 3.50. The summed E-state index contributed by atoms with van der Waals surface area (Å²) in [6.45, 7) is 1.79. The predicted octanol–water partition coefficient (Wildman–Crippen LogP) is 1.13. The van der Waals surface area contributed by atoms with Crippen LogP contribution in [0.15, 0.2) is 0 Å². The van der Waals surface area contributed by atoms with Crippen molar-refractivity contribution in [3.8, 4) is 0 Å². The molecule has 2 atom stereocenters. The van der Waals surface area contributed by atoms with Gasteiger partial charge in [0.15, 0.2) is 0 Å². The Hall–Kier alpha value is -0.545. The molecule has 1 aliphatic carbocycles. The van der Waals surface area contributed by atoms with E-state index in [0.29, 0.717) is 25.1 Å². The SMILES string of the molecule is C[C@@]1(C(=O)O)CCC[C@@H](CCB(O)O)C1. The molecule has 5 heteroatoms. The molecule has 0 unspecified atom stereocenters. The molecule has 15 heavy (non-hydrogen) atoms. The Morgan fingerprint density at radius 1 is 1.53 bits per heavy atom. The first kappa shape index (κ1) is 12.5. The summed E-state index contributed by atoms with van der Waals surface area (Å²) in [5.74, 6) is -0.404. The summed E-state index contributed by atoms with van der Waals surface area (Å²) >= 11 is 0. The molecule has 0 heterocycles. The van der Waals surface area contributed by atoms with E-state index >= 15 is 0 Å². The Morgan fingerprint density at radius 2 is 2.20 bits per heavy atom. The second-order valence-electron chi connectivity index (χ2n) is 4.89. The third-order valence-electron chi connectivity index (χ3n) is 3.43. The molecule has 4 nitrogen and oxygen atoms in total. The number of carboxylic acids is 1. The highest BCUT2D eigenvalue weighted by atomic mass is 16.4. The topological polar surface area (TPSA) is 77.8 Å². The van der Waals surface area contributed by atoms with Gasteiger partial charge in [-0.15, -0.1) is 0 Å². The molecule has 1 aliphatic rings. The van der Waals surface area contributed by atoms with E-state index in [-0.39, 0.29) is 0 Å². The average Bonchev–Trinajstić information content (AvgIpc) is 2.15. The largest absolute Gasteiger partial charge is 0.481 e. The zero-order valence-corrected chi connectivity index (χ0v) is 9.15. The molecule has 3 N–H and O–H groups in total. The fourth-order valence-corrected chi connectivity index (χ4v) is 2.45. The molecule has 1 fully saturated rings. The first-order chi connectivity index (χ1) is 6.94. The lowest BCUT2D eigenvalue weighted by atomic mass is 9.67. The Balaban J connectivity index is 2.45. The molecule has 86 valence electrons. The summed E-state index contributed by atoms with van der Waals surface area (Å²) in [4.78, 5) is 11.1. The lowest BCUT2D eigenvalue weighted by Gasteiger charge is -2.34. The maximum absolute atomic E-state index is 11.1. The van der Waals surface area contributed by atoms with Crippen molar-refractivity contribution in [2.45, 2.75) is 45.3 Å². The van der Waals surface area contributed by atoms with Crippen molar-refractivity contribution >= 4 is 13.1 Å². The van der Waals surface area contributed by atoms with Crippen LogP contribution in [0.5, 0.6) is 0 Å². The first-order valence-corrected chi connectivity index (χ1v) is 5.53. The number of carbonyl (C=O) groups is 1. The van der Waals surface area contributed by atoms with Crippen LogP contribution in [0.1, 0.15) is 39.0 Å². The zero-order chi connectivity index (χ0) is 11.5. The smallest absolute Gasteiger partial charge is 0.451 e. The van der Waals surface area contributed by atoms with Gasteiger partial charge >= 0.3 is 13.1 Å². The van der Waals surface area contributed by atoms with Crippen LogP contribution in [-0.4, -0.2) is 28.2 Å². The average molecular weight is 214 g/mol. The van der Waals surface area contributed by atoms with Gasteiger partial charge in [0.1, 0.15) is 0 Å². The van der Waals surface area contributed by atoms with Crippen molar-refractivity contribution in [2.24, 2.45) is 11.3 Å². The van der Waals surface area contributed by atoms with Gasteiger partial charge < -0.3 is 15.2 Å². The molecule has 0 aromatic carbocycles. The molecule has 0 bridgehead atoms. The highest BCUT2D eigenvalue weighted by molar-refractivity contribution is 6.40. The van der Waals surface area contributed by atoms with E-state index in [9.17, 15) is 4.79 Å². The number of carboxylic acid groups (broad SMARTS) is 1. The van der Waals surface area contributed by atoms with Gasteiger partial charge in [0.2, 0.25) is 0 Å². The standard InChI is InChI=1S/C10H19BO4/c1-10(9(12)13)5-2-3-8(7-10)4-6-11(14)15/h8,14-15H,2-7H2,1H3,(H,12,13)/t8-,10+/m0/s1. The van der Waals surface area contributed by atoms with E-state index in [2.05, 4.69) is 0 Å². The van der Waals surface area contributed by atoms with Crippen molar-refractivity contribution in [3.63, 3.8) is 0 Å². The van der Waals surface area contributed by atoms with E-state index in [1.54, 1.807) is 6.92 Å². The molecular formula is C10H19BO4. The number of hydrogen-bond donors (Lipinski definition) is 3. The monoisotopic (exact) mass is 214 g/mol. The van der Waals surface area contributed by atoms with Crippen molar-refractivity contribution in [2.75, 3.05) is 0 Å². The van der Waals surface area contributed by atoms with E-state index < -0.39 is 18.5 Å². The van der Waals surface area contributed by atoms with Gasteiger partial charge in [0.25, 0.3) is 0 Å². The highest BCUT2D eigenvalue weighted by Crippen LogP contribution is 2.41. The van der Waals surface area contributed by atoms with Crippen LogP contribution in [0.25, 0.3) is 0 Å². The van der Waals surface area contributed by atoms with Crippen LogP contribution in [0.2, 0.25) is 6.32 Å². The molecule has 0 aliphatic heterocycles. The number of aliphatic carboxylic acids is 1. The van der Waals surface area contributed by atoms with Crippen LogP contribution >= 0.6 is 0 Å². The lowest BCUT2D eigenvalue weighted by Crippen LogP contribution is -2.33. The molecular weight excluding hydrogens is 195 g/mol. The van der Waals surface area contributed by atoms with Gasteiger partial charge in [-0.3, -0.25) is 4.79 Å². The van der Waals surface area contributed by atoms with Crippen molar-refractivity contribution < 1.29 is 19.9 Å². The van der Waals surface area contributed by atoms with Crippen LogP contribution in [-0.2, 0) is 4.79 Å². The Morgan fingerprint density at radius 3 is 2.73 bits per heavy atom. The lowest BCUT2D eigenvalue weighted by molar-refractivity contribution is -0.150. The summed E-state index contributed by atoms with van der Waals surface area (Å²) in [6.07, 6.45) is 4.39. The summed E-state index contributed by atoms with van der Waals surface area (Å²) in [6, 6.07) is 0. The van der Waals surface area contributed by atoms with E-state index in [1.807, 2.05) is 0 Å². The second-order valence-corrected chi connectivity index (χ2v) is 4.89. The molecule has 1 rings (SSSR count). The van der Waals surface area contributed by atoms with Crippen molar-refractivity contribution in [3.05, 3.63) is 0 Å². The minimum Gasteiger partial charge on any atom is -0.481 e. The molecule has 1 saturated carbocycles. The Bertz CT molecular complexity index is 231. The maximum atomic E-state index is 11.1. The van der Waals surface area contributed by atoms with Crippen molar-refractivity contribution in [1.29, 1.82) is 0 Å². The minimum atomic E-state index is -1.26. The molecule has 0 amide bonds. The normalized spacial score (nSPS) is 31.3. The van der Waals surface area contributed by atoms with Crippen molar-refractivity contribution in [1.82, 2.24) is 0 Å². The van der Waals surface area contributed by atoms with E-state index in [1.165, 1.54) is 0 Å². The predicted molar refractivity (Wildman–Crippen MR) is 57.3 cm³/mol. The summed E-state index contributed by atoms with van der Waals surface area (Å²) in [7, 11) is -1.26. The fourth-order valence-electron chi connectivity index (χ4n) is 2.45. The van der Waals surface area contributed by atoms with Crippen LogP contribution < -0.4 is 0 Å². The third-order valence-corrected chi connectivity index (χ3v) is 3.43. The zero-order valence-electron chi connectivity index (χ0n) is 9.15. The number of hydrogen-bond acceptors (Lipinski definition) is 3. The fraction of sp³-hybridized carbons (Fsp3) is 0.900. The van der Waals surface area contributed by atoms with Crippen LogP contribution in [0, 0.1) is 11.3 Å². The van der Waals surface area contributed by atoms with Gasteiger partial charge in [-0.05, 0) is 32.0 Å². The van der Waals surface area contributed by atoms with Gasteiger partial charge in [-0.1, -0.05) is 19.3 Å². The minimum absolute atomic E-state index is 0.321. The number of rotatable bonds is 4. The summed E-state index contributed by atoms with van der Waals surface area (Å²) in [5.41, 5.74) is -0.608. The molecule has 0 saturated heterocycles. The first-order valence-electron chi connectivity index (χ1n) is 5.53.